The highest BCUT2D eigenvalue weighted by Gasteiger charge is 2.23. The van der Waals surface area contributed by atoms with Gasteiger partial charge < -0.3 is 9.64 Å². The minimum atomic E-state index is -0.559. The Bertz CT molecular complexity index is 845. The topological polar surface area (TPSA) is 64.4 Å². The molecule has 3 rings (SSSR count). The number of carbonyl (C=O) groups excluding carboxylic acids is 2. The van der Waals surface area contributed by atoms with E-state index in [0.717, 1.165) is 30.6 Å². The molecular weight excluding hydrogens is 362 g/mol. The van der Waals surface area contributed by atoms with Gasteiger partial charge >= 0.3 is 5.97 Å². The Kier molecular flexibility index (Phi) is 6.34. The van der Waals surface area contributed by atoms with Crippen molar-refractivity contribution in [3.05, 3.63) is 54.0 Å². The first-order chi connectivity index (χ1) is 13.2. The zero-order valence-corrected chi connectivity index (χ0v) is 16.4. The number of amides is 1. The molecule has 0 radical (unpaired) electrons. The lowest BCUT2D eigenvalue weighted by Gasteiger charge is -2.22. The highest BCUT2D eigenvalue weighted by Crippen LogP contribution is 2.23. The Balaban J connectivity index is 1.73. The number of imidazole rings is 1. The van der Waals surface area contributed by atoms with E-state index in [9.17, 15) is 9.59 Å². The second kappa shape index (κ2) is 8.90. The van der Waals surface area contributed by atoms with Crippen molar-refractivity contribution in [1.82, 2.24) is 14.5 Å². The number of rotatable bonds is 7. The van der Waals surface area contributed by atoms with Gasteiger partial charge in [0.05, 0.1) is 6.20 Å². The number of likely N-dealkylation sites (N-methyl/N-ethyl adjacent to an activating group) is 1. The molecule has 0 unspecified atom stereocenters. The van der Waals surface area contributed by atoms with Crippen molar-refractivity contribution in [1.29, 1.82) is 0 Å². The molecule has 1 heterocycles. The minimum Gasteiger partial charge on any atom is -0.451 e. The van der Waals surface area contributed by atoms with Crippen LogP contribution in [-0.4, -0.2) is 45.7 Å². The van der Waals surface area contributed by atoms with Crippen LogP contribution in [0.1, 0.15) is 36.7 Å². The molecular formula is C20H23N3O3S. The minimum absolute atomic E-state index is 0.199. The van der Waals surface area contributed by atoms with Crippen molar-refractivity contribution in [2.45, 2.75) is 31.3 Å². The van der Waals surface area contributed by atoms with Crippen molar-refractivity contribution in [2.75, 3.05) is 19.4 Å². The van der Waals surface area contributed by atoms with E-state index < -0.39 is 5.97 Å². The molecule has 0 aliphatic heterocycles. The number of nitrogens with zero attached hydrogens (tertiary/aromatic N) is 3. The van der Waals surface area contributed by atoms with Crippen molar-refractivity contribution < 1.29 is 14.3 Å². The predicted molar refractivity (Wildman–Crippen MR) is 105 cm³/mol. The Morgan fingerprint density at radius 2 is 2.07 bits per heavy atom. The molecule has 0 fully saturated rings. The van der Waals surface area contributed by atoms with Crippen LogP contribution < -0.4 is 0 Å². The number of carbonyl (C=O) groups is 2. The molecule has 142 valence electrons. The fourth-order valence-electron chi connectivity index (χ4n) is 3.17. The molecule has 2 aromatic rings. The molecule has 1 aliphatic carbocycles. The number of hydrogen-bond donors (Lipinski definition) is 0. The molecule has 7 heteroatoms. The van der Waals surface area contributed by atoms with Gasteiger partial charge in [-0.25, -0.2) is 9.78 Å². The van der Waals surface area contributed by atoms with Crippen LogP contribution in [0.25, 0.3) is 5.69 Å². The van der Waals surface area contributed by atoms with Crippen molar-refractivity contribution in [2.24, 2.45) is 0 Å². The first-order valence-corrected chi connectivity index (χ1v) is 10.2. The number of para-hydroxylation sites is 1. The Morgan fingerprint density at radius 1 is 1.30 bits per heavy atom. The zero-order chi connectivity index (χ0) is 19.2. The number of hydrogen-bond acceptors (Lipinski definition) is 5. The fourth-order valence-corrected chi connectivity index (χ4v) is 3.71. The van der Waals surface area contributed by atoms with E-state index in [0.29, 0.717) is 17.4 Å². The Morgan fingerprint density at radius 3 is 2.70 bits per heavy atom. The standard InChI is InChI=1S/C20H23N3O3S/c1-3-22(15-9-7-8-10-15)18(24)14-26-19(25)17-13-21-20(27-2)23(17)16-11-5-4-6-12-16/h4-6,9,11-13H,3,7-8,10,14H2,1-2H3. The first kappa shape index (κ1) is 19.2. The molecule has 1 aliphatic rings. The summed E-state index contributed by atoms with van der Waals surface area (Å²) >= 11 is 1.44. The second-order valence-corrected chi connectivity index (χ2v) is 6.88. The van der Waals surface area contributed by atoms with Crippen molar-refractivity contribution >= 4 is 23.6 Å². The third kappa shape index (κ3) is 4.24. The van der Waals surface area contributed by atoms with Crippen LogP contribution in [0.4, 0.5) is 0 Å². The lowest BCUT2D eigenvalue weighted by molar-refractivity contribution is -0.132. The lowest BCUT2D eigenvalue weighted by Crippen LogP contribution is -2.33. The molecule has 27 heavy (non-hydrogen) atoms. The number of benzene rings is 1. The lowest BCUT2D eigenvalue weighted by atomic mass is 10.3. The van der Waals surface area contributed by atoms with Gasteiger partial charge in [0.25, 0.3) is 5.91 Å². The van der Waals surface area contributed by atoms with E-state index in [-0.39, 0.29) is 12.5 Å². The third-order valence-electron chi connectivity index (χ3n) is 4.44. The van der Waals surface area contributed by atoms with E-state index in [2.05, 4.69) is 11.1 Å². The summed E-state index contributed by atoms with van der Waals surface area (Å²) in [6.07, 6.45) is 8.42. The SMILES string of the molecule is CCN(C(=O)COC(=O)c1cnc(SC)n1-c1ccccc1)C1=CCCC1. The monoisotopic (exact) mass is 385 g/mol. The average molecular weight is 385 g/mol. The van der Waals surface area contributed by atoms with Crippen LogP contribution in [0.5, 0.6) is 0 Å². The average Bonchev–Trinajstić information content (AvgIpc) is 3.37. The summed E-state index contributed by atoms with van der Waals surface area (Å²) in [5, 5.41) is 0.686. The summed E-state index contributed by atoms with van der Waals surface area (Å²) in [4.78, 5) is 31.1. The van der Waals surface area contributed by atoms with E-state index >= 15 is 0 Å². The number of esters is 1. The quantitative estimate of drug-likeness (QED) is 0.537. The van der Waals surface area contributed by atoms with Gasteiger partial charge in [-0.2, -0.15) is 0 Å². The molecule has 6 nitrogen and oxygen atoms in total. The summed E-state index contributed by atoms with van der Waals surface area (Å²) in [7, 11) is 0. The first-order valence-electron chi connectivity index (χ1n) is 8.99. The largest absolute Gasteiger partial charge is 0.451 e. The van der Waals surface area contributed by atoms with Crippen LogP contribution in [0.15, 0.2) is 53.5 Å². The summed E-state index contributed by atoms with van der Waals surface area (Å²) in [5.74, 6) is -0.758. The smallest absolute Gasteiger partial charge is 0.357 e. The molecule has 1 aromatic heterocycles. The van der Waals surface area contributed by atoms with Gasteiger partial charge in [0, 0.05) is 17.9 Å². The van der Waals surface area contributed by atoms with E-state index in [1.807, 2.05) is 43.5 Å². The van der Waals surface area contributed by atoms with Crippen molar-refractivity contribution in [3.63, 3.8) is 0 Å². The van der Waals surface area contributed by atoms with Crippen LogP contribution in [0.2, 0.25) is 0 Å². The summed E-state index contributed by atoms with van der Waals surface area (Å²) in [5.41, 5.74) is 2.16. The molecule has 0 N–H and O–H groups in total. The Hall–Kier alpha value is -2.54. The van der Waals surface area contributed by atoms with Gasteiger partial charge in [0.15, 0.2) is 17.5 Å². The second-order valence-electron chi connectivity index (χ2n) is 6.10. The summed E-state index contributed by atoms with van der Waals surface area (Å²) < 4.78 is 7.07. The van der Waals surface area contributed by atoms with E-state index in [1.54, 1.807) is 9.47 Å². The molecule has 1 amide bonds. The number of allylic oxidation sites excluding steroid dienone is 2. The van der Waals surface area contributed by atoms with Gasteiger partial charge in [-0.15, -0.1) is 0 Å². The molecule has 0 saturated carbocycles. The molecule has 0 atom stereocenters. The predicted octanol–water partition coefficient (Wildman–Crippen LogP) is 3.67. The Labute approximate surface area is 163 Å². The van der Waals surface area contributed by atoms with Crippen molar-refractivity contribution in [3.8, 4) is 5.69 Å². The summed E-state index contributed by atoms with van der Waals surface area (Å²) in [6.45, 7) is 2.22. The normalized spacial score (nSPS) is 13.3. The maximum Gasteiger partial charge on any atom is 0.357 e. The van der Waals surface area contributed by atoms with Crippen LogP contribution in [0, 0.1) is 0 Å². The van der Waals surface area contributed by atoms with E-state index in [4.69, 9.17) is 4.74 Å². The van der Waals surface area contributed by atoms with Gasteiger partial charge in [0.1, 0.15) is 0 Å². The van der Waals surface area contributed by atoms with E-state index in [1.165, 1.54) is 18.0 Å². The highest BCUT2D eigenvalue weighted by molar-refractivity contribution is 7.98. The molecule has 1 aromatic carbocycles. The number of aromatic nitrogens is 2. The maximum absolute atomic E-state index is 12.6. The molecule has 0 bridgehead atoms. The fraction of sp³-hybridized carbons (Fsp3) is 0.350. The highest BCUT2D eigenvalue weighted by atomic mass is 32.2. The maximum atomic E-state index is 12.6. The van der Waals surface area contributed by atoms with Crippen LogP contribution >= 0.6 is 11.8 Å². The van der Waals surface area contributed by atoms with Gasteiger partial charge in [-0.3, -0.25) is 9.36 Å². The number of ether oxygens (including phenoxy) is 1. The third-order valence-corrected chi connectivity index (χ3v) is 5.10. The van der Waals surface area contributed by atoms with Gasteiger partial charge in [-0.05, 0) is 44.6 Å². The molecule has 0 saturated heterocycles. The van der Waals surface area contributed by atoms with Crippen LogP contribution in [-0.2, 0) is 9.53 Å². The molecule has 0 spiro atoms. The zero-order valence-electron chi connectivity index (χ0n) is 15.6. The van der Waals surface area contributed by atoms with Gasteiger partial charge in [-0.1, -0.05) is 36.0 Å². The van der Waals surface area contributed by atoms with Crippen LogP contribution in [0.3, 0.4) is 0 Å². The number of thioether (sulfide) groups is 1. The van der Waals surface area contributed by atoms with Gasteiger partial charge in [0.2, 0.25) is 0 Å². The summed E-state index contributed by atoms with van der Waals surface area (Å²) in [6, 6.07) is 9.50.